The molecule has 0 aromatic heterocycles. The zero-order chi connectivity index (χ0) is 20.5. The van der Waals surface area contributed by atoms with Crippen LogP contribution in [-0.4, -0.2) is 25.2 Å². The van der Waals surface area contributed by atoms with Gasteiger partial charge in [0.2, 0.25) is 0 Å². The van der Waals surface area contributed by atoms with E-state index in [4.69, 9.17) is 14.2 Å². The summed E-state index contributed by atoms with van der Waals surface area (Å²) in [6.07, 6.45) is 0.0582. The predicted molar refractivity (Wildman–Crippen MR) is 111 cm³/mol. The van der Waals surface area contributed by atoms with Gasteiger partial charge in [-0.3, -0.25) is 4.79 Å². The number of amides is 1. The Balaban J connectivity index is 2.00. The van der Waals surface area contributed by atoms with Crippen LogP contribution < -0.4 is 19.5 Å². The van der Waals surface area contributed by atoms with Crippen molar-refractivity contribution in [2.45, 2.75) is 53.7 Å². The van der Waals surface area contributed by atoms with Gasteiger partial charge in [0, 0.05) is 6.54 Å². The van der Waals surface area contributed by atoms with Gasteiger partial charge in [-0.05, 0) is 75.1 Å². The van der Waals surface area contributed by atoms with Crippen molar-refractivity contribution in [3.05, 3.63) is 53.1 Å². The minimum atomic E-state index is -0.531. The second-order valence-electron chi connectivity index (χ2n) is 6.63. The van der Waals surface area contributed by atoms with Crippen LogP contribution in [0.5, 0.6) is 17.2 Å². The van der Waals surface area contributed by atoms with Gasteiger partial charge in [-0.15, -0.1) is 0 Å². The van der Waals surface area contributed by atoms with Crippen LogP contribution in [0.3, 0.4) is 0 Å². The number of rotatable bonds is 10. The predicted octanol–water partition coefficient (Wildman–Crippen LogP) is 4.57. The molecule has 0 aliphatic rings. The molecule has 1 amide bonds. The van der Waals surface area contributed by atoms with E-state index in [-0.39, 0.29) is 5.91 Å². The third-order valence-electron chi connectivity index (χ3n) is 4.49. The third-order valence-corrected chi connectivity index (χ3v) is 4.49. The highest BCUT2D eigenvalue weighted by Crippen LogP contribution is 2.28. The Morgan fingerprint density at radius 2 is 1.64 bits per heavy atom. The van der Waals surface area contributed by atoms with Gasteiger partial charge in [0.25, 0.3) is 5.91 Å². The summed E-state index contributed by atoms with van der Waals surface area (Å²) in [5.41, 5.74) is 3.29. The number of ether oxygens (including phenoxy) is 3. The fourth-order valence-corrected chi connectivity index (χ4v) is 2.78. The highest BCUT2D eigenvalue weighted by atomic mass is 16.5. The maximum absolute atomic E-state index is 12.6. The van der Waals surface area contributed by atoms with Crippen molar-refractivity contribution >= 4 is 5.91 Å². The third kappa shape index (κ3) is 5.91. The maximum Gasteiger partial charge on any atom is 0.261 e. The van der Waals surface area contributed by atoms with Crippen molar-refractivity contribution in [2.75, 3.05) is 13.2 Å². The average molecular weight is 386 g/mol. The number of hydrogen-bond acceptors (Lipinski definition) is 4. The molecule has 1 N–H and O–H groups in total. The second-order valence-corrected chi connectivity index (χ2v) is 6.63. The molecule has 0 unspecified atom stereocenters. The molecule has 0 saturated carbocycles. The molecule has 5 nitrogen and oxygen atoms in total. The van der Waals surface area contributed by atoms with E-state index in [2.05, 4.69) is 12.2 Å². The smallest absolute Gasteiger partial charge is 0.261 e. The fourth-order valence-electron chi connectivity index (χ4n) is 2.78. The lowest BCUT2D eigenvalue weighted by Crippen LogP contribution is -2.37. The number of benzene rings is 2. The lowest BCUT2D eigenvalue weighted by molar-refractivity contribution is -0.128. The van der Waals surface area contributed by atoms with Gasteiger partial charge in [0.1, 0.15) is 5.75 Å². The van der Waals surface area contributed by atoms with E-state index in [1.807, 2.05) is 64.1 Å². The van der Waals surface area contributed by atoms with Gasteiger partial charge < -0.3 is 19.5 Å². The summed E-state index contributed by atoms with van der Waals surface area (Å²) in [7, 11) is 0. The zero-order valence-electron chi connectivity index (χ0n) is 17.5. The quantitative estimate of drug-likeness (QED) is 0.651. The van der Waals surface area contributed by atoms with Crippen molar-refractivity contribution in [1.29, 1.82) is 0 Å². The minimum absolute atomic E-state index is 0.132. The van der Waals surface area contributed by atoms with Crippen molar-refractivity contribution in [3.63, 3.8) is 0 Å². The number of carbonyl (C=O) groups excluding carboxylic acids is 1. The van der Waals surface area contributed by atoms with E-state index in [1.165, 1.54) is 5.56 Å². The number of carbonyl (C=O) groups is 1. The highest BCUT2D eigenvalue weighted by Gasteiger charge is 2.18. The van der Waals surface area contributed by atoms with Crippen molar-refractivity contribution in [2.24, 2.45) is 0 Å². The van der Waals surface area contributed by atoms with Crippen LogP contribution in [0.4, 0.5) is 0 Å². The first kappa shape index (κ1) is 21.6. The van der Waals surface area contributed by atoms with Crippen LogP contribution in [0, 0.1) is 13.8 Å². The van der Waals surface area contributed by atoms with Gasteiger partial charge >= 0.3 is 0 Å². The molecule has 0 bridgehead atoms. The molecule has 0 aliphatic carbocycles. The molecule has 2 rings (SSSR count). The van der Waals surface area contributed by atoms with Gasteiger partial charge in [-0.25, -0.2) is 0 Å². The first-order valence-corrected chi connectivity index (χ1v) is 9.88. The summed E-state index contributed by atoms with van der Waals surface area (Å²) in [6, 6.07) is 11.6. The molecule has 5 heteroatoms. The fraction of sp³-hybridized carbons (Fsp3) is 0.435. The Morgan fingerprint density at radius 3 is 2.29 bits per heavy atom. The summed E-state index contributed by atoms with van der Waals surface area (Å²) >= 11 is 0. The Bertz CT molecular complexity index is 788. The van der Waals surface area contributed by atoms with E-state index in [0.717, 1.165) is 11.1 Å². The lowest BCUT2D eigenvalue weighted by atomic mass is 10.1. The van der Waals surface area contributed by atoms with E-state index < -0.39 is 6.10 Å². The Kier molecular flexibility index (Phi) is 8.18. The van der Waals surface area contributed by atoms with Crippen LogP contribution in [0.15, 0.2) is 36.4 Å². The van der Waals surface area contributed by atoms with Gasteiger partial charge in [0.15, 0.2) is 17.6 Å². The molecule has 0 fully saturated rings. The summed E-state index contributed by atoms with van der Waals surface area (Å²) in [4.78, 5) is 12.6. The summed E-state index contributed by atoms with van der Waals surface area (Å²) in [6.45, 7) is 11.4. The van der Waals surface area contributed by atoms with Crippen LogP contribution in [-0.2, 0) is 11.3 Å². The molecule has 2 aromatic rings. The maximum atomic E-state index is 12.6. The molecule has 152 valence electrons. The average Bonchev–Trinajstić information content (AvgIpc) is 2.69. The molecular weight excluding hydrogens is 354 g/mol. The van der Waals surface area contributed by atoms with Gasteiger partial charge in [-0.2, -0.15) is 0 Å². The Hall–Kier alpha value is -2.69. The Labute approximate surface area is 168 Å². The number of aryl methyl sites for hydroxylation is 2. The highest BCUT2D eigenvalue weighted by molar-refractivity contribution is 5.81. The van der Waals surface area contributed by atoms with Crippen molar-refractivity contribution in [3.8, 4) is 17.2 Å². The van der Waals surface area contributed by atoms with Crippen LogP contribution in [0.1, 0.15) is 43.9 Å². The monoisotopic (exact) mass is 385 g/mol. The normalized spacial score (nSPS) is 11.6. The topological polar surface area (TPSA) is 56.8 Å². The summed E-state index contributed by atoms with van der Waals surface area (Å²) < 4.78 is 17.1. The van der Waals surface area contributed by atoms with E-state index in [9.17, 15) is 4.79 Å². The van der Waals surface area contributed by atoms with E-state index in [1.54, 1.807) is 0 Å². The molecule has 0 saturated heterocycles. The summed E-state index contributed by atoms with van der Waals surface area (Å²) in [5, 5.41) is 2.96. The van der Waals surface area contributed by atoms with Crippen LogP contribution in [0.25, 0.3) is 0 Å². The van der Waals surface area contributed by atoms with E-state index in [0.29, 0.717) is 43.4 Å². The first-order valence-electron chi connectivity index (χ1n) is 9.88. The van der Waals surface area contributed by atoms with Gasteiger partial charge in [0.05, 0.1) is 13.2 Å². The SMILES string of the molecule is CCOc1ccc(CNC(=O)[C@H](CC)Oc2ccc(C)c(C)c2)cc1OCC. The Morgan fingerprint density at radius 1 is 0.929 bits per heavy atom. The molecule has 0 radical (unpaired) electrons. The number of hydrogen-bond donors (Lipinski definition) is 1. The standard InChI is InChI=1S/C23H31NO4/c1-6-20(28-19-11-9-16(4)17(5)13-19)23(25)24-15-18-10-12-21(26-7-2)22(14-18)27-8-3/h9-14,20H,6-8,15H2,1-5H3,(H,24,25)/t20-/m0/s1. The molecule has 28 heavy (non-hydrogen) atoms. The minimum Gasteiger partial charge on any atom is -0.490 e. The lowest BCUT2D eigenvalue weighted by Gasteiger charge is -2.18. The van der Waals surface area contributed by atoms with E-state index >= 15 is 0 Å². The van der Waals surface area contributed by atoms with Crippen LogP contribution in [0.2, 0.25) is 0 Å². The molecule has 2 aromatic carbocycles. The molecular formula is C23H31NO4. The molecule has 0 aliphatic heterocycles. The van der Waals surface area contributed by atoms with Crippen LogP contribution >= 0.6 is 0 Å². The second kappa shape index (κ2) is 10.6. The largest absolute Gasteiger partial charge is 0.490 e. The first-order chi connectivity index (χ1) is 13.5. The van der Waals surface area contributed by atoms with Gasteiger partial charge in [-0.1, -0.05) is 19.1 Å². The zero-order valence-corrected chi connectivity index (χ0v) is 17.5. The summed E-state index contributed by atoms with van der Waals surface area (Å²) in [5.74, 6) is 1.98. The number of nitrogens with one attached hydrogen (secondary N) is 1. The molecule has 0 spiro atoms. The molecule has 0 heterocycles. The van der Waals surface area contributed by atoms with Crippen molar-refractivity contribution in [1.82, 2.24) is 5.32 Å². The van der Waals surface area contributed by atoms with Crippen molar-refractivity contribution < 1.29 is 19.0 Å². The molecule has 1 atom stereocenters.